The molecule has 0 atom stereocenters. The van der Waals surface area contributed by atoms with Gasteiger partial charge in [-0.05, 0) is 31.5 Å². The van der Waals surface area contributed by atoms with Crippen molar-refractivity contribution in [2.75, 3.05) is 39.5 Å². The van der Waals surface area contributed by atoms with Crippen molar-refractivity contribution in [2.45, 2.75) is 12.8 Å². The molecule has 0 unspecified atom stereocenters. The summed E-state index contributed by atoms with van der Waals surface area (Å²) in [4.78, 5) is 12.1. The normalized spacial score (nSPS) is 18.0. The van der Waals surface area contributed by atoms with Gasteiger partial charge in [-0.1, -0.05) is 12.1 Å². The van der Waals surface area contributed by atoms with Crippen LogP contribution in [0.25, 0.3) is 0 Å². The first-order valence-corrected chi connectivity index (χ1v) is 7.16. The summed E-state index contributed by atoms with van der Waals surface area (Å²) in [6.45, 7) is 4.10. The summed E-state index contributed by atoms with van der Waals surface area (Å²) in [5, 5.41) is 6.16. The summed E-state index contributed by atoms with van der Waals surface area (Å²) in [6.07, 6.45) is 2.12. The van der Waals surface area contributed by atoms with Crippen LogP contribution < -0.4 is 15.4 Å². The van der Waals surface area contributed by atoms with Gasteiger partial charge in [0.2, 0.25) is 0 Å². The number of carbonyl (C=O) groups is 1. The van der Waals surface area contributed by atoms with E-state index in [-0.39, 0.29) is 18.3 Å². The maximum atomic E-state index is 12.1. The first-order chi connectivity index (χ1) is 9.88. The van der Waals surface area contributed by atoms with Crippen LogP contribution in [0.3, 0.4) is 0 Å². The Hall–Kier alpha value is -1.30. The molecule has 1 aliphatic rings. The molecule has 2 rings (SSSR count). The summed E-state index contributed by atoms with van der Waals surface area (Å²) >= 11 is 0. The molecule has 0 saturated carbocycles. The van der Waals surface area contributed by atoms with E-state index in [1.165, 1.54) is 0 Å². The van der Waals surface area contributed by atoms with Crippen molar-refractivity contribution in [3.8, 4) is 5.75 Å². The molecule has 21 heavy (non-hydrogen) atoms. The van der Waals surface area contributed by atoms with Gasteiger partial charge in [-0.15, -0.1) is 12.4 Å². The second kappa shape index (κ2) is 10.4. The Labute approximate surface area is 131 Å². The molecular formula is C15H23ClN2O3. The number of para-hydroxylation sites is 1. The van der Waals surface area contributed by atoms with E-state index >= 15 is 0 Å². The van der Waals surface area contributed by atoms with Crippen LogP contribution in [0.5, 0.6) is 5.75 Å². The predicted octanol–water partition coefficient (Wildman–Crippen LogP) is 1.62. The second-order valence-corrected chi connectivity index (χ2v) is 4.67. The fourth-order valence-corrected chi connectivity index (χ4v) is 2.03. The number of fused-ring (bicyclic) bond motifs is 1. The van der Waals surface area contributed by atoms with E-state index in [1.807, 2.05) is 18.2 Å². The lowest BCUT2D eigenvalue weighted by Gasteiger charge is -2.11. The summed E-state index contributed by atoms with van der Waals surface area (Å²) in [7, 11) is 0. The fraction of sp³-hybridized carbons (Fsp3) is 0.533. The van der Waals surface area contributed by atoms with Gasteiger partial charge in [-0.3, -0.25) is 4.79 Å². The average molecular weight is 315 g/mol. The Balaban J connectivity index is 0.00000220. The molecule has 5 nitrogen and oxygen atoms in total. The van der Waals surface area contributed by atoms with Crippen LogP contribution in [0.2, 0.25) is 0 Å². The van der Waals surface area contributed by atoms with Gasteiger partial charge in [0.1, 0.15) is 12.4 Å². The summed E-state index contributed by atoms with van der Waals surface area (Å²) in [5.41, 5.74) is 0.572. The largest absolute Gasteiger partial charge is 0.491 e. The summed E-state index contributed by atoms with van der Waals surface area (Å²) in [5.74, 6) is 0.509. The number of benzene rings is 1. The van der Waals surface area contributed by atoms with Crippen LogP contribution in [0.1, 0.15) is 23.2 Å². The van der Waals surface area contributed by atoms with E-state index in [4.69, 9.17) is 9.47 Å². The van der Waals surface area contributed by atoms with Crippen LogP contribution in [0, 0.1) is 0 Å². The molecule has 6 heteroatoms. The first-order valence-electron chi connectivity index (χ1n) is 7.16. The molecule has 0 radical (unpaired) electrons. The molecule has 0 aromatic heterocycles. The molecule has 0 aliphatic carbocycles. The quantitative estimate of drug-likeness (QED) is 0.764. The van der Waals surface area contributed by atoms with Crippen molar-refractivity contribution in [1.82, 2.24) is 10.6 Å². The highest BCUT2D eigenvalue weighted by molar-refractivity contribution is 5.96. The topological polar surface area (TPSA) is 59.6 Å². The zero-order valence-corrected chi connectivity index (χ0v) is 12.9. The fourth-order valence-electron chi connectivity index (χ4n) is 2.03. The molecule has 0 fully saturated rings. The van der Waals surface area contributed by atoms with E-state index < -0.39 is 0 Å². The van der Waals surface area contributed by atoms with Crippen molar-refractivity contribution in [2.24, 2.45) is 0 Å². The SMILES string of the molecule is Cl.O=C1NCCOCCCCNCCOc2ccccc21. The third-order valence-electron chi connectivity index (χ3n) is 3.09. The lowest BCUT2D eigenvalue weighted by molar-refractivity contribution is 0.0909. The smallest absolute Gasteiger partial charge is 0.255 e. The minimum Gasteiger partial charge on any atom is -0.491 e. The predicted molar refractivity (Wildman–Crippen MR) is 84.4 cm³/mol. The monoisotopic (exact) mass is 314 g/mol. The van der Waals surface area contributed by atoms with Crippen molar-refractivity contribution in [3.05, 3.63) is 29.8 Å². The van der Waals surface area contributed by atoms with E-state index in [0.29, 0.717) is 31.1 Å². The number of amides is 1. The number of ether oxygens (including phenoxy) is 2. The summed E-state index contributed by atoms with van der Waals surface area (Å²) in [6, 6.07) is 7.31. The zero-order valence-electron chi connectivity index (χ0n) is 12.1. The molecule has 2 N–H and O–H groups in total. The van der Waals surface area contributed by atoms with E-state index in [9.17, 15) is 4.79 Å². The van der Waals surface area contributed by atoms with Gasteiger partial charge in [0.15, 0.2) is 0 Å². The number of carbonyl (C=O) groups excluding carboxylic acids is 1. The molecule has 1 aromatic carbocycles. The number of rotatable bonds is 0. The Morgan fingerprint density at radius 2 is 1.81 bits per heavy atom. The molecule has 1 aromatic rings. The third-order valence-corrected chi connectivity index (χ3v) is 3.09. The van der Waals surface area contributed by atoms with Crippen molar-refractivity contribution in [3.63, 3.8) is 0 Å². The van der Waals surface area contributed by atoms with Crippen LogP contribution in [0.15, 0.2) is 24.3 Å². The van der Waals surface area contributed by atoms with Gasteiger partial charge in [0.05, 0.1) is 12.2 Å². The minimum absolute atomic E-state index is 0. The Bertz CT molecular complexity index is 429. The maximum Gasteiger partial charge on any atom is 0.255 e. The van der Waals surface area contributed by atoms with E-state index in [2.05, 4.69) is 10.6 Å². The van der Waals surface area contributed by atoms with E-state index in [0.717, 1.165) is 32.5 Å². The van der Waals surface area contributed by atoms with E-state index in [1.54, 1.807) is 6.07 Å². The molecule has 1 heterocycles. The van der Waals surface area contributed by atoms with Gasteiger partial charge >= 0.3 is 0 Å². The molecule has 118 valence electrons. The summed E-state index contributed by atoms with van der Waals surface area (Å²) < 4.78 is 11.2. The minimum atomic E-state index is -0.118. The first kappa shape index (κ1) is 17.8. The highest BCUT2D eigenvalue weighted by Crippen LogP contribution is 2.17. The number of halogens is 1. The van der Waals surface area contributed by atoms with Crippen LogP contribution >= 0.6 is 12.4 Å². The standard InChI is InChI=1S/C15H22N2O3.ClH/c18-15-13-5-1-2-6-14(13)20-12-8-16-7-3-4-10-19-11-9-17-15;/h1-2,5-6,16H,3-4,7-12H2,(H,17,18);1H. The Kier molecular flexibility index (Phi) is 8.82. The van der Waals surface area contributed by atoms with Gasteiger partial charge in [-0.2, -0.15) is 0 Å². The van der Waals surface area contributed by atoms with Crippen LogP contribution in [-0.4, -0.2) is 45.4 Å². The molecular weight excluding hydrogens is 292 g/mol. The molecule has 0 spiro atoms. The molecule has 0 saturated heterocycles. The van der Waals surface area contributed by atoms with Gasteiger partial charge in [0.25, 0.3) is 5.91 Å². The lowest BCUT2D eigenvalue weighted by Crippen LogP contribution is -2.28. The number of nitrogens with one attached hydrogen (secondary N) is 2. The molecule has 1 amide bonds. The maximum absolute atomic E-state index is 12.1. The average Bonchev–Trinajstić information content (AvgIpc) is 2.48. The molecule has 0 bridgehead atoms. The number of hydrogen-bond donors (Lipinski definition) is 2. The zero-order chi connectivity index (χ0) is 14.0. The van der Waals surface area contributed by atoms with Crippen LogP contribution in [0.4, 0.5) is 0 Å². The van der Waals surface area contributed by atoms with Gasteiger partial charge in [0, 0.05) is 19.7 Å². The number of hydrogen-bond acceptors (Lipinski definition) is 4. The van der Waals surface area contributed by atoms with Crippen molar-refractivity contribution >= 4 is 18.3 Å². The lowest BCUT2D eigenvalue weighted by atomic mass is 10.2. The van der Waals surface area contributed by atoms with Crippen LogP contribution in [-0.2, 0) is 4.74 Å². The van der Waals surface area contributed by atoms with Gasteiger partial charge in [-0.25, -0.2) is 0 Å². The second-order valence-electron chi connectivity index (χ2n) is 4.67. The highest BCUT2D eigenvalue weighted by Gasteiger charge is 2.11. The van der Waals surface area contributed by atoms with Gasteiger partial charge < -0.3 is 20.1 Å². The highest BCUT2D eigenvalue weighted by atomic mass is 35.5. The van der Waals surface area contributed by atoms with Crippen molar-refractivity contribution in [1.29, 1.82) is 0 Å². The third kappa shape index (κ3) is 6.33. The molecule has 1 aliphatic heterocycles. The van der Waals surface area contributed by atoms with Crippen molar-refractivity contribution < 1.29 is 14.3 Å². The Morgan fingerprint density at radius 3 is 2.71 bits per heavy atom. The Morgan fingerprint density at radius 1 is 0.952 bits per heavy atom.